The largest absolute Gasteiger partial charge is 0.370 e. The van der Waals surface area contributed by atoms with Gasteiger partial charge in [-0.05, 0) is 75.0 Å². The molecule has 2 aliphatic heterocycles. The Labute approximate surface area is 217 Å². The van der Waals surface area contributed by atoms with Gasteiger partial charge in [-0.1, -0.05) is 25.1 Å². The Morgan fingerprint density at radius 3 is 2.56 bits per heavy atom. The van der Waals surface area contributed by atoms with Gasteiger partial charge in [-0.2, -0.15) is 4.37 Å². The van der Waals surface area contributed by atoms with Crippen molar-refractivity contribution >= 4 is 44.9 Å². The summed E-state index contributed by atoms with van der Waals surface area (Å²) in [5.41, 5.74) is 5.76. The minimum atomic E-state index is -0.0502. The molecule has 2 saturated heterocycles. The second-order valence-corrected chi connectivity index (χ2v) is 10.8. The van der Waals surface area contributed by atoms with Crippen LogP contribution in [0.3, 0.4) is 0 Å². The summed E-state index contributed by atoms with van der Waals surface area (Å²) in [7, 11) is 0. The number of piperidine rings is 2. The van der Waals surface area contributed by atoms with E-state index in [0.29, 0.717) is 5.56 Å². The van der Waals surface area contributed by atoms with Crippen molar-refractivity contribution in [3.05, 3.63) is 46.8 Å². The van der Waals surface area contributed by atoms with Crippen molar-refractivity contribution in [3.8, 4) is 0 Å². The van der Waals surface area contributed by atoms with E-state index < -0.39 is 0 Å². The molecule has 0 unspecified atom stereocenters. The van der Waals surface area contributed by atoms with Crippen LogP contribution in [-0.2, 0) is 11.2 Å². The molecule has 8 heteroatoms. The molecule has 2 amide bonds. The summed E-state index contributed by atoms with van der Waals surface area (Å²) < 4.78 is 4.54. The molecule has 36 heavy (non-hydrogen) atoms. The second kappa shape index (κ2) is 10.5. The fourth-order valence-electron chi connectivity index (χ4n) is 5.58. The van der Waals surface area contributed by atoms with Crippen LogP contribution in [0.2, 0.25) is 0 Å². The van der Waals surface area contributed by atoms with Crippen LogP contribution in [0.25, 0.3) is 10.2 Å². The van der Waals surface area contributed by atoms with E-state index in [1.807, 2.05) is 30.9 Å². The molecule has 2 aliphatic rings. The van der Waals surface area contributed by atoms with Gasteiger partial charge in [0.25, 0.3) is 5.91 Å². The number of likely N-dealkylation sites (tertiary alicyclic amines) is 1. The Kier molecular flexibility index (Phi) is 7.23. The average Bonchev–Trinajstić information content (AvgIpc) is 3.30. The molecule has 0 spiro atoms. The summed E-state index contributed by atoms with van der Waals surface area (Å²) in [6.07, 6.45) is 7.41. The van der Waals surface area contributed by atoms with Crippen molar-refractivity contribution in [1.82, 2.24) is 14.3 Å². The van der Waals surface area contributed by atoms with Crippen molar-refractivity contribution < 1.29 is 9.59 Å². The van der Waals surface area contributed by atoms with Crippen LogP contribution in [-0.4, -0.2) is 52.3 Å². The molecular weight excluding hydrogens is 470 g/mol. The quantitative estimate of drug-likeness (QED) is 0.506. The number of carbonyl (C=O) groups is 2. The topological polar surface area (TPSA) is 78.4 Å². The highest BCUT2D eigenvalue weighted by molar-refractivity contribution is 7.13. The Morgan fingerprint density at radius 2 is 1.83 bits per heavy atom. The number of para-hydroxylation sites is 1. The maximum Gasteiger partial charge on any atom is 0.257 e. The van der Waals surface area contributed by atoms with Crippen molar-refractivity contribution in [3.63, 3.8) is 0 Å². The molecule has 2 fully saturated rings. The summed E-state index contributed by atoms with van der Waals surface area (Å²) in [5, 5.41) is 4.21. The number of fused-ring (bicyclic) bond motifs is 1. The smallest absolute Gasteiger partial charge is 0.257 e. The molecule has 1 N–H and O–H groups in total. The van der Waals surface area contributed by atoms with Crippen LogP contribution in [0, 0.1) is 19.8 Å². The molecule has 0 radical (unpaired) electrons. The van der Waals surface area contributed by atoms with E-state index in [2.05, 4.69) is 32.6 Å². The molecule has 0 atom stereocenters. The first-order valence-corrected chi connectivity index (χ1v) is 13.9. The minimum Gasteiger partial charge on any atom is -0.370 e. The molecule has 3 aromatic rings. The van der Waals surface area contributed by atoms with Gasteiger partial charge in [-0.25, -0.2) is 4.98 Å². The minimum absolute atomic E-state index is 0.0502. The Hall–Kier alpha value is -3.00. The van der Waals surface area contributed by atoms with Gasteiger partial charge in [0.2, 0.25) is 5.91 Å². The van der Waals surface area contributed by atoms with Gasteiger partial charge in [0.15, 0.2) is 0 Å². The normalized spacial score (nSPS) is 17.0. The number of aryl methyl sites for hydroxylation is 3. The Balaban J connectivity index is 1.37. The maximum atomic E-state index is 13.6. The van der Waals surface area contributed by atoms with Crippen molar-refractivity contribution in [1.29, 1.82) is 0 Å². The van der Waals surface area contributed by atoms with Gasteiger partial charge in [-0.15, -0.1) is 0 Å². The summed E-state index contributed by atoms with van der Waals surface area (Å²) in [6.45, 7) is 9.21. The maximum absolute atomic E-state index is 13.6. The van der Waals surface area contributed by atoms with Crippen molar-refractivity contribution in [2.45, 2.75) is 59.3 Å². The fraction of sp³-hybridized carbons (Fsp3) is 0.500. The molecule has 2 aromatic heterocycles. The number of pyridine rings is 1. The highest BCUT2D eigenvalue weighted by Gasteiger charge is 2.31. The highest BCUT2D eigenvalue weighted by Crippen LogP contribution is 2.37. The standard InChI is InChI=1S/C28H35N5O2S/c1-4-20-10-8-9-18(2)24(20)30-26(34)21-11-15-32(16-12-21)25-22(28(35)33-13-6-5-7-14-33)17-29-27-23(25)19(3)31-36-27/h8-10,17,21H,4-7,11-16H2,1-3H3,(H,30,34). The van der Waals surface area contributed by atoms with E-state index in [1.54, 1.807) is 6.20 Å². The molecular formula is C28H35N5O2S. The Morgan fingerprint density at radius 1 is 1.08 bits per heavy atom. The second-order valence-electron chi connectivity index (χ2n) is 10.0. The van der Waals surface area contributed by atoms with Crippen molar-refractivity contribution in [2.24, 2.45) is 5.92 Å². The first kappa shape index (κ1) is 24.7. The van der Waals surface area contributed by atoms with Crippen LogP contribution in [0.5, 0.6) is 0 Å². The van der Waals surface area contributed by atoms with E-state index in [0.717, 1.165) is 91.1 Å². The van der Waals surface area contributed by atoms with Gasteiger partial charge in [-0.3, -0.25) is 9.59 Å². The lowest BCUT2D eigenvalue weighted by Gasteiger charge is -2.35. The third kappa shape index (κ3) is 4.71. The molecule has 0 bridgehead atoms. The number of carbonyl (C=O) groups excluding carboxylic acids is 2. The van der Waals surface area contributed by atoms with E-state index in [9.17, 15) is 9.59 Å². The molecule has 5 rings (SSSR count). The summed E-state index contributed by atoms with van der Waals surface area (Å²) in [4.78, 5) is 36.5. The molecule has 0 saturated carbocycles. The molecule has 7 nitrogen and oxygen atoms in total. The number of nitrogens with zero attached hydrogens (tertiary/aromatic N) is 4. The predicted octanol–water partition coefficient (Wildman–Crippen LogP) is 5.35. The zero-order chi connectivity index (χ0) is 25.2. The predicted molar refractivity (Wildman–Crippen MR) is 146 cm³/mol. The molecule has 0 aliphatic carbocycles. The Bertz CT molecular complexity index is 1270. The van der Waals surface area contributed by atoms with E-state index in [1.165, 1.54) is 23.5 Å². The average molecular weight is 506 g/mol. The molecule has 4 heterocycles. The number of anilines is 2. The monoisotopic (exact) mass is 505 g/mol. The third-order valence-corrected chi connectivity index (χ3v) is 8.54. The van der Waals surface area contributed by atoms with Gasteiger partial charge in [0, 0.05) is 44.0 Å². The molecule has 1 aromatic carbocycles. The van der Waals surface area contributed by atoms with E-state index >= 15 is 0 Å². The summed E-state index contributed by atoms with van der Waals surface area (Å²) >= 11 is 1.38. The van der Waals surface area contributed by atoms with Gasteiger partial charge in [0.1, 0.15) is 4.83 Å². The van der Waals surface area contributed by atoms with Gasteiger partial charge >= 0.3 is 0 Å². The van der Waals surface area contributed by atoms with E-state index in [-0.39, 0.29) is 17.7 Å². The van der Waals surface area contributed by atoms with Gasteiger partial charge < -0.3 is 15.1 Å². The summed E-state index contributed by atoms with van der Waals surface area (Å²) in [5.74, 6) is 0.110. The number of nitrogens with one attached hydrogen (secondary N) is 1. The number of amides is 2. The number of benzene rings is 1. The number of rotatable bonds is 5. The lowest BCUT2D eigenvalue weighted by atomic mass is 9.94. The van der Waals surface area contributed by atoms with Crippen LogP contribution >= 0.6 is 11.5 Å². The number of hydrogen-bond acceptors (Lipinski definition) is 6. The lowest BCUT2D eigenvalue weighted by Crippen LogP contribution is -2.41. The van der Waals surface area contributed by atoms with Crippen molar-refractivity contribution in [2.75, 3.05) is 36.4 Å². The van der Waals surface area contributed by atoms with Crippen LogP contribution < -0.4 is 10.2 Å². The zero-order valence-corrected chi connectivity index (χ0v) is 22.3. The SMILES string of the molecule is CCc1cccc(C)c1NC(=O)C1CCN(c2c(C(=O)N3CCCCC3)cnc3snc(C)c23)CC1. The molecule has 190 valence electrons. The third-order valence-electron chi connectivity index (χ3n) is 7.69. The lowest BCUT2D eigenvalue weighted by molar-refractivity contribution is -0.120. The highest BCUT2D eigenvalue weighted by atomic mass is 32.1. The van der Waals surface area contributed by atoms with Crippen LogP contribution in [0.15, 0.2) is 24.4 Å². The van der Waals surface area contributed by atoms with E-state index in [4.69, 9.17) is 0 Å². The zero-order valence-electron chi connectivity index (χ0n) is 21.5. The fourth-order valence-corrected chi connectivity index (χ4v) is 6.33. The van der Waals surface area contributed by atoms with Gasteiger partial charge in [0.05, 0.1) is 22.3 Å². The number of hydrogen-bond donors (Lipinski definition) is 1. The number of aromatic nitrogens is 2. The first-order chi connectivity index (χ1) is 17.5. The van der Waals surface area contributed by atoms with Crippen LogP contribution in [0.4, 0.5) is 11.4 Å². The van der Waals surface area contributed by atoms with Crippen LogP contribution in [0.1, 0.15) is 66.2 Å². The summed E-state index contributed by atoms with van der Waals surface area (Å²) in [6, 6.07) is 6.17. The first-order valence-electron chi connectivity index (χ1n) is 13.2.